The van der Waals surface area contributed by atoms with E-state index in [-0.39, 0.29) is 5.56 Å². The Morgan fingerprint density at radius 2 is 2.39 bits per heavy atom. The van der Waals surface area contributed by atoms with Crippen LogP contribution < -0.4 is 5.32 Å². The van der Waals surface area contributed by atoms with Gasteiger partial charge in [0, 0.05) is 29.9 Å². The van der Waals surface area contributed by atoms with E-state index in [1.54, 1.807) is 18.2 Å². The van der Waals surface area contributed by atoms with Gasteiger partial charge in [-0.2, -0.15) is 0 Å². The topological polar surface area (TPSA) is 58.6 Å². The molecule has 1 saturated heterocycles. The average molecular weight is 314 g/mol. The second kappa shape index (κ2) is 6.20. The quantitative estimate of drug-likeness (QED) is 0.877. The number of benzene rings is 1. The third-order valence-electron chi connectivity index (χ3n) is 3.11. The minimum Gasteiger partial charge on any atom is -0.478 e. The molecule has 0 amide bonds. The van der Waals surface area contributed by atoms with Gasteiger partial charge in [-0.3, -0.25) is 0 Å². The summed E-state index contributed by atoms with van der Waals surface area (Å²) in [6.45, 7) is 2.61. The highest BCUT2D eigenvalue weighted by Gasteiger charge is 2.15. The molecule has 1 atom stereocenters. The Kier molecular flexibility index (Phi) is 4.60. The first-order valence-electron chi connectivity index (χ1n) is 6.01. The van der Waals surface area contributed by atoms with Gasteiger partial charge < -0.3 is 15.2 Å². The van der Waals surface area contributed by atoms with Gasteiger partial charge in [0.1, 0.15) is 0 Å². The zero-order chi connectivity index (χ0) is 13.0. The second-order valence-corrected chi connectivity index (χ2v) is 5.30. The van der Waals surface area contributed by atoms with E-state index >= 15 is 0 Å². The van der Waals surface area contributed by atoms with Crippen molar-refractivity contribution in [3.05, 3.63) is 28.2 Å². The lowest BCUT2D eigenvalue weighted by Crippen LogP contribution is -2.09. The Morgan fingerprint density at radius 3 is 3.00 bits per heavy atom. The fourth-order valence-corrected chi connectivity index (χ4v) is 2.53. The molecule has 1 heterocycles. The van der Waals surface area contributed by atoms with Gasteiger partial charge in [-0.05, 0) is 52.9 Å². The van der Waals surface area contributed by atoms with Gasteiger partial charge in [-0.1, -0.05) is 0 Å². The average Bonchev–Trinajstić information content (AvgIpc) is 2.84. The standard InChI is InChI=1S/C13H16BrNO3/c14-11-7-10(13(16)17)1-2-12(11)15-5-3-9-4-6-18-8-9/h1-2,7,9,15H,3-6,8H2,(H,16,17). The zero-order valence-corrected chi connectivity index (χ0v) is 11.6. The highest BCUT2D eigenvalue weighted by Crippen LogP contribution is 2.24. The van der Waals surface area contributed by atoms with Crippen LogP contribution in [-0.2, 0) is 4.74 Å². The van der Waals surface area contributed by atoms with E-state index in [0.29, 0.717) is 5.92 Å². The molecular weight excluding hydrogens is 298 g/mol. The van der Waals surface area contributed by atoms with Crippen molar-refractivity contribution in [2.24, 2.45) is 5.92 Å². The summed E-state index contributed by atoms with van der Waals surface area (Å²) >= 11 is 3.38. The van der Waals surface area contributed by atoms with E-state index < -0.39 is 5.97 Å². The van der Waals surface area contributed by atoms with Crippen molar-refractivity contribution < 1.29 is 14.6 Å². The second-order valence-electron chi connectivity index (χ2n) is 4.44. The number of hydrogen-bond acceptors (Lipinski definition) is 3. The van der Waals surface area contributed by atoms with Crippen LogP contribution in [0.5, 0.6) is 0 Å². The van der Waals surface area contributed by atoms with Crippen molar-refractivity contribution in [1.82, 2.24) is 0 Å². The smallest absolute Gasteiger partial charge is 0.335 e. The van der Waals surface area contributed by atoms with Crippen molar-refractivity contribution in [2.45, 2.75) is 12.8 Å². The first-order valence-corrected chi connectivity index (χ1v) is 6.80. The lowest BCUT2D eigenvalue weighted by Gasteiger charge is -2.11. The van der Waals surface area contributed by atoms with Gasteiger partial charge >= 0.3 is 5.97 Å². The van der Waals surface area contributed by atoms with Crippen molar-refractivity contribution in [3.63, 3.8) is 0 Å². The van der Waals surface area contributed by atoms with Crippen molar-refractivity contribution in [2.75, 3.05) is 25.1 Å². The number of hydrogen-bond donors (Lipinski definition) is 2. The van der Waals surface area contributed by atoms with Gasteiger partial charge in [0.05, 0.1) is 5.56 Å². The summed E-state index contributed by atoms with van der Waals surface area (Å²) in [5.74, 6) is -0.264. The molecule has 0 saturated carbocycles. The third kappa shape index (κ3) is 3.46. The van der Waals surface area contributed by atoms with Crippen LogP contribution >= 0.6 is 15.9 Å². The van der Waals surface area contributed by atoms with Gasteiger partial charge in [0.15, 0.2) is 0 Å². The van der Waals surface area contributed by atoms with Crippen molar-refractivity contribution >= 4 is 27.6 Å². The molecule has 2 rings (SSSR count). The number of anilines is 1. The van der Waals surface area contributed by atoms with E-state index in [1.165, 1.54) is 0 Å². The molecule has 5 heteroatoms. The highest BCUT2D eigenvalue weighted by atomic mass is 79.9. The maximum absolute atomic E-state index is 10.8. The Bertz CT molecular complexity index is 430. The van der Waals surface area contributed by atoms with Crippen LogP contribution in [-0.4, -0.2) is 30.8 Å². The van der Waals surface area contributed by atoms with Gasteiger partial charge in [-0.15, -0.1) is 0 Å². The summed E-state index contributed by atoms with van der Waals surface area (Å²) in [5.41, 5.74) is 1.22. The Balaban J connectivity index is 1.87. The van der Waals surface area contributed by atoms with Gasteiger partial charge in [0.2, 0.25) is 0 Å². The van der Waals surface area contributed by atoms with E-state index in [4.69, 9.17) is 9.84 Å². The fraction of sp³-hybridized carbons (Fsp3) is 0.462. The SMILES string of the molecule is O=C(O)c1ccc(NCCC2CCOC2)c(Br)c1. The van der Waals surface area contributed by atoms with Crippen LogP contribution in [0.1, 0.15) is 23.2 Å². The normalized spacial score (nSPS) is 18.8. The molecule has 0 spiro atoms. The Hall–Kier alpha value is -1.07. The van der Waals surface area contributed by atoms with Crippen molar-refractivity contribution in [1.29, 1.82) is 0 Å². The molecule has 1 aliphatic rings. The first-order chi connectivity index (χ1) is 8.66. The maximum atomic E-state index is 10.8. The summed E-state index contributed by atoms with van der Waals surface area (Å²) in [5, 5.41) is 12.2. The van der Waals surface area contributed by atoms with Gasteiger partial charge in [0.25, 0.3) is 0 Å². The molecule has 1 aromatic carbocycles. The highest BCUT2D eigenvalue weighted by molar-refractivity contribution is 9.10. The molecular formula is C13H16BrNO3. The summed E-state index contributed by atoms with van der Waals surface area (Å²) < 4.78 is 6.11. The number of halogens is 1. The van der Waals surface area contributed by atoms with Gasteiger partial charge in [-0.25, -0.2) is 4.79 Å². The van der Waals surface area contributed by atoms with Crippen LogP contribution in [0.2, 0.25) is 0 Å². The number of rotatable bonds is 5. The summed E-state index contributed by atoms with van der Waals surface area (Å²) in [4.78, 5) is 10.8. The lowest BCUT2D eigenvalue weighted by atomic mass is 10.1. The third-order valence-corrected chi connectivity index (χ3v) is 3.76. The minimum atomic E-state index is -0.912. The predicted molar refractivity (Wildman–Crippen MR) is 73.1 cm³/mol. The largest absolute Gasteiger partial charge is 0.478 e. The summed E-state index contributed by atoms with van der Waals surface area (Å²) in [6.07, 6.45) is 2.22. The molecule has 1 fully saturated rings. The minimum absolute atomic E-state index is 0.289. The fourth-order valence-electron chi connectivity index (χ4n) is 2.01. The van der Waals surface area contributed by atoms with E-state index in [2.05, 4.69) is 21.2 Å². The molecule has 1 aliphatic heterocycles. The number of nitrogens with one attached hydrogen (secondary N) is 1. The molecule has 1 unspecified atom stereocenters. The molecule has 1 aromatic rings. The van der Waals surface area contributed by atoms with E-state index in [0.717, 1.165) is 42.8 Å². The summed E-state index contributed by atoms with van der Waals surface area (Å²) in [7, 11) is 0. The van der Waals surface area contributed by atoms with Crippen LogP contribution in [0.4, 0.5) is 5.69 Å². The molecule has 0 bridgehead atoms. The zero-order valence-electron chi connectivity index (χ0n) is 9.99. The van der Waals surface area contributed by atoms with E-state index in [1.807, 2.05) is 0 Å². The lowest BCUT2D eigenvalue weighted by molar-refractivity contribution is 0.0697. The van der Waals surface area contributed by atoms with Crippen LogP contribution in [0.15, 0.2) is 22.7 Å². The monoisotopic (exact) mass is 313 g/mol. The Morgan fingerprint density at radius 1 is 1.56 bits per heavy atom. The molecule has 18 heavy (non-hydrogen) atoms. The molecule has 0 radical (unpaired) electrons. The molecule has 0 aliphatic carbocycles. The molecule has 98 valence electrons. The predicted octanol–water partition coefficient (Wildman–Crippen LogP) is 2.99. The van der Waals surface area contributed by atoms with E-state index in [9.17, 15) is 4.79 Å². The van der Waals surface area contributed by atoms with Crippen molar-refractivity contribution in [3.8, 4) is 0 Å². The molecule has 0 aromatic heterocycles. The van der Waals surface area contributed by atoms with Crippen LogP contribution in [0, 0.1) is 5.92 Å². The number of carboxylic acid groups (broad SMARTS) is 1. The number of ether oxygens (including phenoxy) is 1. The first kappa shape index (κ1) is 13.4. The maximum Gasteiger partial charge on any atom is 0.335 e. The summed E-state index contributed by atoms with van der Waals surface area (Å²) in [6, 6.07) is 5.01. The Labute approximate surface area is 114 Å². The number of carbonyl (C=O) groups is 1. The van der Waals surface area contributed by atoms with Crippen LogP contribution in [0.3, 0.4) is 0 Å². The van der Waals surface area contributed by atoms with Crippen LogP contribution in [0.25, 0.3) is 0 Å². The molecule has 4 nitrogen and oxygen atoms in total. The number of carboxylic acids is 1. The molecule has 2 N–H and O–H groups in total. The number of aromatic carboxylic acids is 1.